The maximum atomic E-state index is 10.8. The highest BCUT2D eigenvalue weighted by Gasteiger charge is 2.23. The van der Waals surface area contributed by atoms with Gasteiger partial charge in [-0.3, -0.25) is 10.1 Å². The van der Waals surface area contributed by atoms with Gasteiger partial charge in [-0.15, -0.1) is 0 Å². The predicted molar refractivity (Wildman–Crippen MR) is 53.8 cm³/mol. The van der Waals surface area contributed by atoms with Gasteiger partial charge in [0, 0.05) is 5.56 Å². The highest BCUT2D eigenvalue weighted by atomic mass is 16.6. The van der Waals surface area contributed by atoms with Crippen molar-refractivity contribution in [2.45, 2.75) is 13.3 Å². The Kier molecular flexibility index (Phi) is 2.89. The number of hydrogen-bond donors (Lipinski definition) is 2. The average Bonchev–Trinajstić information content (AvgIpc) is 2.15. The van der Waals surface area contributed by atoms with Crippen LogP contribution in [0.15, 0.2) is 12.1 Å². The third kappa shape index (κ3) is 1.88. The van der Waals surface area contributed by atoms with E-state index in [2.05, 4.69) is 0 Å². The van der Waals surface area contributed by atoms with E-state index >= 15 is 0 Å². The molecular weight excluding hydrogens is 200 g/mol. The first-order chi connectivity index (χ1) is 6.99. The fourth-order valence-electron chi connectivity index (χ4n) is 1.43. The molecule has 0 aliphatic heterocycles. The topological polar surface area (TPSA) is 106 Å². The van der Waals surface area contributed by atoms with Crippen LogP contribution in [0.25, 0.3) is 0 Å². The number of rotatable bonds is 3. The van der Waals surface area contributed by atoms with Gasteiger partial charge in [-0.25, -0.2) is 4.79 Å². The third-order valence-corrected chi connectivity index (χ3v) is 2.08. The lowest BCUT2D eigenvalue weighted by Crippen LogP contribution is -2.07. The molecule has 0 aromatic heterocycles. The fraction of sp³-hybridized carbons (Fsp3) is 0.222. The predicted octanol–water partition coefficient (Wildman–Crippen LogP) is 1.44. The zero-order chi connectivity index (χ0) is 11.6. The molecule has 0 amide bonds. The van der Waals surface area contributed by atoms with Gasteiger partial charge in [-0.05, 0) is 18.6 Å². The van der Waals surface area contributed by atoms with Crippen LogP contribution in [-0.4, -0.2) is 16.0 Å². The second-order valence-corrected chi connectivity index (χ2v) is 2.95. The SMILES string of the molecule is CCc1c(C(=O)O)ccc(N)c1[N+](=O)[O-]. The molecule has 15 heavy (non-hydrogen) atoms. The summed E-state index contributed by atoms with van der Waals surface area (Å²) in [5.41, 5.74) is 5.20. The molecule has 6 nitrogen and oxygen atoms in total. The number of nitrogen functional groups attached to an aromatic ring is 1. The van der Waals surface area contributed by atoms with Crippen molar-refractivity contribution in [2.75, 3.05) is 5.73 Å². The van der Waals surface area contributed by atoms with Crippen LogP contribution in [0, 0.1) is 10.1 Å². The quantitative estimate of drug-likeness (QED) is 0.446. The first kappa shape index (κ1) is 11.0. The fourth-order valence-corrected chi connectivity index (χ4v) is 1.43. The highest BCUT2D eigenvalue weighted by Crippen LogP contribution is 2.29. The summed E-state index contributed by atoms with van der Waals surface area (Å²) in [6, 6.07) is 2.52. The molecule has 0 unspecified atom stereocenters. The molecule has 0 bridgehead atoms. The summed E-state index contributed by atoms with van der Waals surface area (Å²) in [6.45, 7) is 1.65. The van der Waals surface area contributed by atoms with Crippen molar-refractivity contribution in [2.24, 2.45) is 0 Å². The Morgan fingerprint density at radius 3 is 2.60 bits per heavy atom. The zero-order valence-electron chi connectivity index (χ0n) is 8.06. The Hall–Kier alpha value is -2.11. The van der Waals surface area contributed by atoms with Crippen molar-refractivity contribution in [1.29, 1.82) is 0 Å². The van der Waals surface area contributed by atoms with Crippen LogP contribution in [0.2, 0.25) is 0 Å². The number of nitrogens with zero attached hydrogens (tertiary/aromatic N) is 1. The van der Waals surface area contributed by atoms with E-state index in [1.54, 1.807) is 6.92 Å². The van der Waals surface area contributed by atoms with E-state index in [9.17, 15) is 14.9 Å². The first-order valence-electron chi connectivity index (χ1n) is 4.28. The third-order valence-electron chi connectivity index (χ3n) is 2.08. The molecule has 80 valence electrons. The summed E-state index contributed by atoms with van der Waals surface area (Å²) in [4.78, 5) is 20.9. The van der Waals surface area contributed by atoms with Crippen molar-refractivity contribution in [3.05, 3.63) is 33.4 Å². The number of carbonyl (C=O) groups is 1. The second-order valence-electron chi connectivity index (χ2n) is 2.95. The number of nitrogens with two attached hydrogens (primary N) is 1. The van der Waals surface area contributed by atoms with Crippen LogP contribution in [0.4, 0.5) is 11.4 Å². The van der Waals surface area contributed by atoms with Crippen molar-refractivity contribution in [1.82, 2.24) is 0 Å². The molecule has 0 heterocycles. The lowest BCUT2D eigenvalue weighted by Gasteiger charge is -2.06. The molecule has 6 heteroatoms. The summed E-state index contributed by atoms with van der Waals surface area (Å²) in [7, 11) is 0. The average molecular weight is 210 g/mol. The molecule has 1 rings (SSSR count). The molecule has 1 aromatic carbocycles. The number of benzene rings is 1. The summed E-state index contributed by atoms with van der Waals surface area (Å²) >= 11 is 0. The van der Waals surface area contributed by atoms with Crippen LogP contribution >= 0.6 is 0 Å². The maximum Gasteiger partial charge on any atom is 0.336 e. The van der Waals surface area contributed by atoms with E-state index in [1.165, 1.54) is 12.1 Å². The second kappa shape index (κ2) is 3.95. The van der Waals surface area contributed by atoms with E-state index in [4.69, 9.17) is 10.8 Å². The minimum atomic E-state index is -1.19. The number of anilines is 1. The van der Waals surface area contributed by atoms with Gasteiger partial charge in [0.15, 0.2) is 0 Å². The van der Waals surface area contributed by atoms with Crippen molar-refractivity contribution in [3.63, 3.8) is 0 Å². The Bertz CT molecular complexity index is 428. The van der Waals surface area contributed by atoms with Gasteiger partial charge in [0.05, 0.1) is 10.5 Å². The number of nitro groups is 1. The number of carboxylic acid groups (broad SMARTS) is 1. The Morgan fingerprint density at radius 2 is 2.20 bits per heavy atom. The van der Waals surface area contributed by atoms with Crippen molar-refractivity contribution in [3.8, 4) is 0 Å². The van der Waals surface area contributed by atoms with Crippen LogP contribution in [0.5, 0.6) is 0 Å². The molecule has 0 spiro atoms. The molecule has 0 aliphatic carbocycles. The molecule has 0 saturated carbocycles. The van der Waals surface area contributed by atoms with Crippen LogP contribution in [0.3, 0.4) is 0 Å². The van der Waals surface area contributed by atoms with Crippen molar-refractivity contribution < 1.29 is 14.8 Å². The lowest BCUT2D eigenvalue weighted by atomic mass is 10.0. The summed E-state index contributed by atoms with van der Waals surface area (Å²) in [5, 5.41) is 19.5. The number of hydrogen-bond acceptors (Lipinski definition) is 4. The minimum absolute atomic E-state index is 0.0122. The monoisotopic (exact) mass is 210 g/mol. The largest absolute Gasteiger partial charge is 0.478 e. The molecule has 0 fully saturated rings. The number of aromatic carboxylic acids is 1. The highest BCUT2D eigenvalue weighted by molar-refractivity contribution is 5.92. The molecule has 0 aliphatic rings. The number of nitro benzene ring substituents is 1. The summed E-state index contributed by atoms with van der Waals surface area (Å²) < 4.78 is 0. The molecule has 3 N–H and O–H groups in total. The molecule has 0 radical (unpaired) electrons. The summed E-state index contributed by atoms with van der Waals surface area (Å²) in [5.74, 6) is -1.19. The van der Waals surface area contributed by atoms with Gasteiger partial charge in [0.1, 0.15) is 5.69 Å². The van der Waals surface area contributed by atoms with Gasteiger partial charge in [-0.1, -0.05) is 6.92 Å². The normalized spacial score (nSPS) is 9.93. The van der Waals surface area contributed by atoms with E-state index in [-0.39, 0.29) is 28.9 Å². The Morgan fingerprint density at radius 1 is 1.60 bits per heavy atom. The summed E-state index contributed by atoms with van der Waals surface area (Å²) in [6.07, 6.45) is 0.253. The first-order valence-corrected chi connectivity index (χ1v) is 4.28. The zero-order valence-corrected chi connectivity index (χ0v) is 8.06. The van der Waals surface area contributed by atoms with Gasteiger partial charge < -0.3 is 10.8 Å². The van der Waals surface area contributed by atoms with Gasteiger partial charge in [0.25, 0.3) is 5.69 Å². The molecule has 0 saturated heterocycles. The van der Waals surface area contributed by atoms with E-state index < -0.39 is 10.9 Å². The van der Waals surface area contributed by atoms with Crippen LogP contribution in [0.1, 0.15) is 22.8 Å². The van der Waals surface area contributed by atoms with E-state index in [0.717, 1.165) is 0 Å². The Balaban J connectivity index is 3.54. The number of carboxylic acids is 1. The van der Waals surface area contributed by atoms with Crippen molar-refractivity contribution >= 4 is 17.3 Å². The molecule has 1 aromatic rings. The van der Waals surface area contributed by atoms with Gasteiger partial charge >= 0.3 is 5.97 Å². The van der Waals surface area contributed by atoms with Gasteiger partial charge in [-0.2, -0.15) is 0 Å². The van der Waals surface area contributed by atoms with Gasteiger partial charge in [0.2, 0.25) is 0 Å². The smallest absolute Gasteiger partial charge is 0.336 e. The van der Waals surface area contributed by atoms with E-state index in [0.29, 0.717) is 0 Å². The lowest BCUT2D eigenvalue weighted by molar-refractivity contribution is -0.384. The maximum absolute atomic E-state index is 10.8. The van der Waals surface area contributed by atoms with E-state index in [1.807, 2.05) is 0 Å². The minimum Gasteiger partial charge on any atom is -0.478 e. The Labute approximate surface area is 85.5 Å². The standard InChI is InChI=1S/C9H10N2O4/c1-2-5-6(9(12)13)3-4-7(10)8(5)11(14)15/h3-4H,2,10H2,1H3,(H,12,13). The van der Waals surface area contributed by atoms with Crippen LogP contribution in [-0.2, 0) is 6.42 Å². The molecule has 0 atom stereocenters. The van der Waals surface area contributed by atoms with Crippen LogP contribution < -0.4 is 5.73 Å². The molecular formula is C9H10N2O4.